The largest absolute Gasteiger partial charge is 0.467 e. The number of H-pyrrole nitrogens is 1. The minimum absolute atomic E-state index is 0.0934. The number of hydrogen-bond acceptors (Lipinski definition) is 7. The fraction of sp³-hybridized carbons (Fsp3) is 0.261. The third-order valence-corrected chi connectivity index (χ3v) is 5.27. The van der Waals surface area contributed by atoms with Crippen LogP contribution < -0.4 is 9.47 Å². The number of Topliss-reactive ketones (excluding diaryl/α,β-unsaturated/α-hetero) is 1. The van der Waals surface area contributed by atoms with Crippen LogP contribution in [-0.4, -0.2) is 48.0 Å². The molecule has 0 saturated heterocycles. The second-order valence-electron chi connectivity index (χ2n) is 7.35. The van der Waals surface area contributed by atoms with Crippen molar-refractivity contribution >= 4 is 17.7 Å². The maximum atomic E-state index is 13.3. The van der Waals surface area contributed by atoms with Gasteiger partial charge in [0.15, 0.2) is 17.3 Å². The van der Waals surface area contributed by atoms with Crippen LogP contribution in [0.2, 0.25) is 0 Å². The molecular weight excluding hydrogens is 416 g/mol. The lowest BCUT2D eigenvalue weighted by molar-refractivity contribution is 0.0593. The van der Waals surface area contributed by atoms with E-state index in [1.54, 1.807) is 44.2 Å². The summed E-state index contributed by atoms with van der Waals surface area (Å²) >= 11 is 0. The third kappa shape index (κ3) is 3.96. The van der Waals surface area contributed by atoms with Crippen molar-refractivity contribution in [2.45, 2.75) is 20.4 Å². The lowest BCUT2D eigenvalue weighted by Gasteiger charge is -2.21. The zero-order chi connectivity index (χ0) is 22.8. The molecule has 9 nitrogen and oxygen atoms in total. The molecule has 0 saturated carbocycles. The average Bonchev–Trinajstić information content (AvgIpc) is 3.52. The molecule has 1 aliphatic rings. The Labute approximate surface area is 183 Å². The van der Waals surface area contributed by atoms with Crippen LogP contribution in [0.25, 0.3) is 0 Å². The van der Waals surface area contributed by atoms with E-state index in [0.717, 1.165) is 0 Å². The van der Waals surface area contributed by atoms with Crippen LogP contribution in [0.1, 0.15) is 48.2 Å². The number of esters is 1. The van der Waals surface area contributed by atoms with E-state index in [4.69, 9.17) is 18.6 Å². The Morgan fingerprint density at radius 3 is 2.62 bits per heavy atom. The zero-order valence-corrected chi connectivity index (χ0v) is 17.9. The topological polar surface area (TPSA) is 111 Å². The number of rotatable bonds is 7. The molecule has 0 aliphatic carbocycles. The number of hydrogen-bond donors (Lipinski definition) is 1. The Hall–Kier alpha value is -4.01. The molecule has 0 atom stereocenters. The number of carbonyl (C=O) groups is 3. The van der Waals surface area contributed by atoms with Crippen LogP contribution in [0.15, 0.2) is 41.0 Å². The van der Waals surface area contributed by atoms with Gasteiger partial charge in [-0.15, -0.1) is 0 Å². The first-order valence-corrected chi connectivity index (χ1v) is 9.91. The molecule has 1 aromatic carbocycles. The normalized spacial score (nSPS) is 12.0. The van der Waals surface area contributed by atoms with Crippen molar-refractivity contribution in [3.63, 3.8) is 0 Å². The van der Waals surface area contributed by atoms with Gasteiger partial charge < -0.3 is 28.5 Å². The van der Waals surface area contributed by atoms with Crippen LogP contribution in [-0.2, 0) is 11.3 Å². The highest BCUT2D eigenvalue weighted by molar-refractivity contribution is 6.05. The van der Waals surface area contributed by atoms with Crippen LogP contribution in [0.4, 0.5) is 0 Å². The molecule has 32 heavy (non-hydrogen) atoms. The highest BCUT2D eigenvalue weighted by atomic mass is 16.7. The van der Waals surface area contributed by atoms with Crippen LogP contribution >= 0.6 is 0 Å². The summed E-state index contributed by atoms with van der Waals surface area (Å²) in [6.45, 7) is 3.34. The summed E-state index contributed by atoms with van der Waals surface area (Å²) in [5, 5.41) is 0. The fourth-order valence-electron chi connectivity index (χ4n) is 3.73. The molecule has 3 aromatic rings. The Morgan fingerprint density at radius 2 is 1.91 bits per heavy atom. The predicted molar refractivity (Wildman–Crippen MR) is 112 cm³/mol. The average molecular weight is 438 g/mol. The molecule has 1 aliphatic heterocycles. The maximum Gasteiger partial charge on any atom is 0.354 e. The van der Waals surface area contributed by atoms with Crippen LogP contribution in [0.3, 0.4) is 0 Å². The highest BCUT2D eigenvalue weighted by Crippen LogP contribution is 2.33. The summed E-state index contributed by atoms with van der Waals surface area (Å²) in [6.07, 6.45) is 1.50. The summed E-state index contributed by atoms with van der Waals surface area (Å²) in [7, 11) is 1.27. The SMILES string of the molecule is COC(=O)c1[nH]c(C)c(C(=O)CN(Cc2ccco2)C(=O)c2ccc3c(c2)OCO3)c1C. The Kier molecular flexibility index (Phi) is 5.72. The van der Waals surface area contributed by atoms with Crippen molar-refractivity contribution in [1.29, 1.82) is 0 Å². The molecule has 0 spiro atoms. The van der Waals surface area contributed by atoms with E-state index in [1.165, 1.54) is 18.3 Å². The first kappa shape index (κ1) is 21.2. The fourth-order valence-corrected chi connectivity index (χ4v) is 3.73. The number of nitrogens with zero attached hydrogens (tertiary/aromatic N) is 1. The number of furan rings is 1. The van der Waals surface area contributed by atoms with Gasteiger partial charge in [-0.25, -0.2) is 4.79 Å². The van der Waals surface area contributed by atoms with E-state index in [-0.39, 0.29) is 37.3 Å². The molecule has 3 heterocycles. The molecule has 4 rings (SSSR count). The summed E-state index contributed by atoms with van der Waals surface area (Å²) in [4.78, 5) is 42.8. The van der Waals surface area contributed by atoms with Gasteiger partial charge in [-0.3, -0.25) is 9.59 Å². The molecule has 0 radical (unpaired) electrons. The molecular formula is C23H22N2O7. The van der Waals surface area contributed by atoms with Gasteiger partial charge in [0, 0.05) is 16.8 Å². The minimum atomic E-state index is -0.562. The number of fused-ring (bicyclic) bond motifs is 1. The second-order valence-corrected chi connectivity index (χ2v) is 7.35. The third-order valence-electron chi connectivity index (χ3n) is 5.27. The van der Waals surface area contributed by atoms with E-state index in [1.807, 2.05) is 0 Å². The smallest absolute Gasteiger partial charge is 0.354 e. The number of benzene rings is 1. The molecule has 0 bridgehead atoms. The second kappa shape index (κ2) is 8.62. The molecule has 166 valence electrons. The Bertz CT molecular complexity index is 1180. The number of methoxy groups -OCH3 is 1. The standard InChI is InChI=1S/C23H22N2O7/c1-13-20(14(2)24-21(13)23(28)29-3)17(26)11-25(10-16-5-4-8-30-16)22(27)15-6-7-18-19(9-15)32-12-31-18/h4-9,24H,10-12H2,1-3H3. The van der Waals surface area contributed by atoms with Gasteiger partial charge in [-0.05, 0) is 49.7 Å². The Morgan fingerprint density at radius 1 is 1.12 bits per heavy atom. The number of aromatic nitrogens is 1. The quantitative estimate of drug-likeness (QED) is 0.445. The van der Waals surface area contributed by atoms with Gasteiger partial charge >= 0.3 is 5.97 Å². The van der Waals surface area contributed by atoms with Gasteiger partial charge in [-0.2, -0.15) is 0 Å². The summed E-state index contributed by atoms with van der Waals surface area (Å²) < 4.78 is 20.8. The van der Waals surface area contributed by atoms with E-state index < -0.39 is 5.97 Å². The van der Waals surface area contributed by atoms with Crippen molar-refractivity contribution < 1.29 is 33.0 Å². The molecule has 2 aromatic heterocycles. The lowest BCUT2D eigenvalue weighted by atomic mass is 10.0. The van der Waals surface area contributed by atoms with Gasteiger partial charge in [0.2, 0.25) is 6.79 Å². The van der Waals surface area contributed by atoms with Gasteiger partial charge in [0.05, 0.1) is 26.5 Å². The minimum Gasteiger partial charge on any atom is -0.467 e. The first-order chi connectivity index (χ1) is 15.4. The molecule has 0 unspecified atom stereocenters. The number of nitrogens with one attached hydrogen (secondary N) is 1. The number of ketones is 1. The first-order valence-electron chi connectivity index (χ1n) is 9.91. The van der Waals surface area contributed by atoms with E-state index in [0.29, 0.717) is 39.6 Å². The lowest BCUT2D eigenvalue weighted by Crippen LogP contribution is -2.35. The monoisotopic (exact) mass is 438 g/mol. The van der Waals surface area contributed by atoms with Crippen LogP contribution in [0, 0.1) is 13.8 Å². The van der Waals surface area contributed by atoms with Crippen molar-refractivity contribution in [3.8, 4) is 11.5 Å². The predicted octanol–water partition coefficient (Wildman–Crippen LogP) is 3.27. The maximum absolute atomic E-state index is 13.3. The number of aromatic amines is 1. The number of carbonyl (C=O) groups excluding carboxylic acids is 3. The molecule has 0 fully saturated rings. The van der Waals surface area contributed by atoms with Crippen molar-refractivity contribution in [3.05, 3.63) is 70.4 Å². The zero-order valence-electron chi connectivity index (χ0n) is 17.9. The van der Waals surface area contributed by atoms with Crippen molar-refractivity contribution in [2.24, 2.45) is 0 Å². The van der Waals surface area contributed by atoms with Crippen molar-refractivity contribution in [1.82, 2.24) is 9.88 Å². The van der Waals surface area contributed by atoms with Crippen molar-refractivity contribution in [2.75, 3.05) is 20.4 Å². The molecule has 1 N–H and O–H groups in total. The van der Waals surface area contributed by atoms with Gasteiger partial charge in [0.1, 0.15) is 11.5 Å². The summed E-state index contributed by atoms with van der Waals surface area (Å²) in [5.74, 6) is 0.321. The molecule has 1 amide bonds. The van der Waals surface area contributed by atoms with E-state index >= 15 is 0 Å². The van der Waals surface area contributed by atoms with Gasteiger partial charge in [-0.1, -0.05) is 0 Å². The Balaban J connectivity index is 1.63. The van der Waals surface area contributed by atoms with Crippen LogP contribution in [0.5, 0.6) is 11.5 Å². The number of aryl methyl sites for hydroxylation is 1. The van der Waals surface area contributed by atoms with E-state index in [2.05, 4.69) is 4.98 Å². The van der Waals surface area contributed by atoms with Gasteiger partial charge in [0.25, 0.3) is 5.91 Å². The number of ether oxygens (including phenoxy) is 3. The molecule has 9 heteroatoms. The summed E-state index contributed by atoms with van der Waals surface area (Å²) in [5.41, 5.74) is 1.93. The summed E-state index contributed by atoms with van der Waals surface area (Å²) in [6, 6.07) is 8.31. The highest BCUT2D eigenvalue weighted by Gasteiger charge is 2.27. The van der Waals surface area contributed by atoms with E-state index in [9.17, 15) is 14.4 Å². The number of amides is 1.